The standard InChI is InChI=1S/C14H19F3N2O2S.ClH/c15-14(16,17)12-5-1-2-6-13(12)22(20,21)19-9-7-11-4-3-8-18-10-11;/h1-2,5-6,11,18-19H,3-4,7-10H2;1H. The van der Waals surface area contributed by atoms with Gasteiger partial charge in [0, 0.05) is 6.54 Å². The Morgan fingerprint density at radius 2 is 1.96 bits per heavy atom. The van der Waals surface area contributed by atoms with Gasteiger partial charge >= 0.3 is 6.18 Å². The topological polar surface area (TPSA) is 58.2 Å². The van der Waals surface area contributed by atoms with Gasteiger partial charge in [0.1, 0.15) is 0 Å². The van der Waals surface area contributed by atoms with E-state index < -0.39 is 26.7 Å². The lowest BCUT2D eigenvalue weighted by atomic mass is 9.96. The van der Waals surface area contributed by atoms with Gasteiger partial charge in [-0.05, 0) is 50.4 Å². The Hall–Kier alpha value is -0.830. The molecule has 0 saturated carbocycles. The first kappa shape index (κ1) is 20.2. The number of rotatable bonds is 5. The zero-order chi connectivity index (χ0) is 16.2. The average Bonchev–Trinajstić information content (AvgIpc) is 2.47. The molecule has 2 rings (SSSR count). The third kappa shape index (κ3) is 5.63. The van der Waals surface area contributed by atoms with Crippen molar-refractivity contribution in [2.24, 2.45) is 5.92 Å². The van der Waals surface area contributed by atoms with E-state index in [0.29, 0.717) is 12.3 Å². The third-order valence-electron chi connectivity index (χ3n) is 3.73. The first-order valence-corrected chi connectivity index (χ1v) is 8.65. The smallest absolute Gasteiger partial charge is 0.316 e. The maximum absolute atomic E-state index is 12.9. The first-order chi connectivity index (χ1) is 10.3. The van der Waals surface area contributed by atoms with Crippen molar-refractivity contribution < 1.29 is 21.6 Å². The van der Waals surface area contributed by atoms with E-state index >= 15 is 0 Å². The molecular formula is C14H20ClF3N2O2S. The van der Waals surface area contributed by atoms with E-state index in [9.17, 15) is 21.6 Å². The number of halogens is 4. The van der Waals surface area contributed by atoms with Crippen molar-refractivity contribution in [1.82, 2.24) is 10.0 Å². The van der Waals surface area contributed by atoms with E-state index in [4.69, 9.17) is 0 Å². The molecule has 1 atom stereocenters. The Morgan fingerprint density at radius 1 is 1.26 bits per heavy atom. The molecule has 0 amide bonds. The van der Waals surface area contributed by atoms with Crippen LogP contribution in [0.1, 0.15) is 24.8 Å². The fourth-order valence-electron chi connectivity index (χ4n) is 2.58. The summed E-state index contributed by atoms with van der Waals surface area (Å²) >= 11 is 0. The lowest BCUT2D eigenvalue weighted by Crippen LogP contribution is -2.33. The number of alkyl halides is 3. The fraction of sp³-hybridized carbons (Fsp3) is 0.571. The largest absolute Gasteiger partial charge is 0.417 e. The van der Waals surface area contributed by atoms with Crippen LogP contribution >= 0.6 is 12.4 Å². The van der Waals surface area contributed by atoms with Crippen LogP contribution in [0.5, 0.6) is 0 Å². The molecule has 1 heterocycles. The summed E-state index contributed by atoms with van der Waals surface area (Å²) in [6.45, 7) is 1.92. The number of sulfonamides is 1. The Balaban J connectivity index is 0.00000264. The Kier molecular flexibility index (Phi) is 7.31. The van der Waals surface area contributed by atoms with Crippen LogP contribution < -0.4 is 10.0 Å². The van der Waals surface area contributed by atoms with Gasteiger partial charge < -0.3 is 5.32 Å². The van der Waals surface area contributed by atoms with Crippen molar-refractivity contribution in [2.75, 3.05) is 19.6 Å². The van der Waals surface area contributed by atoms with Crippen molar-refractivity contribution in [1.29, 1.82) is 0 Å². The molecule has 0 spiro atoms. The van der Waals surface area contributed by atoms with Gasteiger partial charge in [-0.1, -0.05) is 12.1 Å². The fourth-order valence-corrected chi connectivity index (χ4v) is 3.85. The summed E-state index contributed by atoms with van der Waals surface area (Å²) in [6, 6.07) is 4.22. The third-order valence-corrected chi connectivity index (χ3v) is 5.24. The number of hydrogen-bond acceptors (Lipinski definition) is 3. The van der Waals surface area contributed by atoms with E-state index in [1.807, 2.05) is 0 Å². The predicted octanol–water partition coefficient (Wildman–Crippen LogP) is 2.80. The van der Waals surface area contributed by atoms with Crippen molar-refractivity contribution in [3.8, 4) is 0 Å². The molecule has 23 heavy (non-hydrogen) atoms. The maximum Gasteiger partial charge on any atom is 0.417 e. The van der Waals surface area contributed by atoms with Gasteiger partial charge in [0.15, 0.2) is 0 Å². The Morgan fingerprint density at radius 3 is 2.57 bits per heavy atom. The normalized spacial score (nSPS) is 19.2. The number of nitrogens with one attached hydrogen (secondary N) is 2. The summed E-state index contributed by atoms with van der Waals surface area (Å²) in [7, 11) is -4.17. The van der Waals surface area contributed by atoms with Gasteiger partial charge in [-0.25, -0.2) is 13.1 Å². The number of hydrogen-bond donors (Lipinski definition) is 2. The van der Waals surface area contributed by atoms with Crippen molar-refractivity contribution in [3.05, 3.63) is 29.8 Å². The minimum atomic E-state index is -4.70. The molecule has 0 radical (unpaired) electrons. The molecule has 9 heteroatoms. The predicted molar refractivity (Wildman–Crippen MR) is 84.1 cm³/mol. The molecular weight excluding hydrogens is 353 g/mol. The van der Waals surface area contributed by atoms with Gasteiger partial charge in [-0.3, -0.25) is 0 Å². The van der Waals surface area contributed by atoms with Gasteiger partial charge in [0.05, 0.1) is 10.5 Å². The minimum absolute atomic E-state index is 0. The molecule has 1 aliphatic heterocycles. The van der Waals surface area contributed by atoms with E-state index in [2.05, 4.69) is 10.0 Å². The quantitative estimate of drug-likeness (QED) is 0.835. The molecule has 4 nitrogen and oxygen atoms in total. The van der Waals surface area contributed by atoms with Crippen LogP contribution in [0.15, 0.2) is 29.2 Å². The van der Waals surface area contributed by atoms with Crippen molar-refractivity contribution in [3.63, 3.8) is 0 Å². The highest BCUT2D eigenvalue weighted by Gasteiger charge is 2.36. The lowest BCUT2D eigenvalue weighted by Gasteiger charge is -2.22. The van der Waals surface area contributed by atoms with E-state index in [0.717, 1.165) is 38.1 Å². The zero-order valence-corrected chi connectivity index (χ0v) is 14.0. The van der Waals surface area contributed by atoms with Gasteiger partial charge in [-0.2, -0.15) is 13.2 Å². The van der Waals surface area contributed by atoms with Crippen molar-refractivity contribution >= 4 is 22.4 Å². The van der Waals surface area contributed by atoms with E-state index in [-0.39, 0.29) is 19.0 Å². The Labute approximate surface area is 140 Å². The average molecular weight is 373 g/mol. The lowest BCUT2D eigenvalue weighted by molar-refractivity contribution is -0.139. The van der Waals surface area contributed by atoms with Crippen LogP contribution in [0.4, 0.5) is 13.2 Å². The summed E-state index contributed by atoms with van der Waals surface area (Å²) in [5, 5.41) is 3.22. The molecule has 2 N–H and O–H groups in total. The molecule has 1 fully saturated rings. The molecule has 1 saturated heterocycles. The van der Waals surface area contributed by atoms with Crippen LogP contribution in [-0.2, 0) is 16.2 Å². The zero-order valence-electron chi connectivity index (χ0n) is 12.4. The summed E-state index contributed by atoms with van der Waals surface area (Å²) in [5.41, 5.74) is -1.14. The Bertz CT molecular complexity index is 602. The molecule has 0 aliphatic carbocycles. The maximum atomic E-state index is 12.9. The summed E-state index contributed by atoms with van der Waals surface area (Å²) in [5.74, 6) is 0.356. The molecule has 1 unspecified atom stereocenters. The molecule has 0 aromatic heterocycles. The van der Waals surface area contributed by atoms with Gasteiger partial charge in [0.2, 0.25) is 10.0 Å². The second kappa shape index (κ2) is 8.32. The second-order valence-corrected chi connectivity index (χ2v) is 7.13. The highest BCUT2D eigenvalue weighted by molar-refractivity contribution is 7.89. The minimum Gasteiger partial charge on any atom is -0.316 e. The molecule has 1 aromatic carbocycles. The molecule has 132 valence electrons. The van der Waals surface area contributed by atoms with Crippen LogP contribution in [0.25, 0.3) is 0 Å². The first-order valence-electron chi connectivity index (χ1n) is 7.17. The molecule has 0 bridgehead atoms. The summed E-state index contributed by atoms with van der Waals surface area (Å²) in [6.07, 6.45) is -2.04. The van der Waals surface area contributed by atoms with Crippen molar-refractivity contribution in [2.45, 2.75) is 30.3 Å². The molecule has 1 aliphatic rings. The molecule has 1 aromatic rings. The number of benzene rings is 1. The highest BCUT2D eigenvalue weighted by Crippen LogP contribution is 2.33. The monoisotopic (exact) mass is 372 g/mol. The number of piperidine rings is 1. The van der Waals surface area contributed by atoms with Crippen LogP contribution in [-0.4, -0.2) is 28.1 Å². The SMILES string of the molecule is Cl.O=S(=O)(NCCC1CCCNC1)c1ccccc1C(F)(F)F. The van der Waals surface area contributed by atoms with Gasteiger partial charge in [0.25, 0.3) is 0 Å². The van der Waals surface area contributed by atoms with Gasteiger partial charge in [-0.15, -0.1) is 12.4 Å². The van der Waals surface area contributed by atoms with Crippen LogP contribution in [0.3, 0.4) is 0 Å². The second-order valence-electron chi connectivity index (χ2n) is 5.39. The summed E-state index contributed by atoms with van der Waals surface area (Å²) in [4.78, 5) is -0.718. The highest BCUT2D eigenvalue weighted by atomic mass is 35.5. The van der Waals surface area contributed by atoms with Crippen LogP contribution in [0, 0.1) is 5.92 Å². The summed E-state index contributed by atoms with van der Waals surface area (Å²) < 4.78 is 65.2. The van der Waals surface area contributed by atoms with E-state index in [1.54, 1.807) is 0 Å². The van der Waals surface area contributed by atoms with E-state index in [1.165, 1.54) is 12.1 Å². The van der Waals surface area contributed by atoms with Crippen LogP contribution in [0.2, 0.25) is 0 Å².